The lowest BCUT2D eigenvalue weighted by molar-refractivity contribution is 0.0177. The summed E-state index contributed by atoms with van der Waals surface area (Å²) in [6.45, 7) is 11.7. The van der Waals surface area contributed by atoms with E-state index in [9.17, 15) is 18.4 Å². The van der Waals surface area contributed by atoms with Gasteiger partial charge in [0.1, 0.15) is 17.0 Å². The maximum absolute atomic E-state index is 14.1. The third-order valence-corrected chi connectivity index (χ3v) is 10.1. The van der Waals surface area contributed by atoms with Crippen LogP contribution >= 0.6 is 0 Å². The first-order valence-electron chi connectivity index (χ1n) is 18.0. The highest BCUT2D eigenvalue weighted by molar-refractivity contribution is 6.08. The Balaban J connectivity index is 0.985. The number of morpholine rings is 1. The number of likely N-dealkylation sites (tertiary alicyclic amines) is 1. The number of alkyl halides is 2. The summed E-state index contributed by atoms with van der Waals surface area (Å²) in [7, 11) is 2.17. The molecule has 2 saturated heterocycles. The van der Waals surface area contributed by atoms with Crippen molar-refractivity contribution in [2.24, 2.45) is 11.8 Å². The largest absolute Gasteiger partial charge is 0.444 e. The molecule has 2 amide bonds. The Labute approximate surface area is 292 Å². The van der Waals surface area contributed by atoms with Gasteiger partial charge in [0, 0.05) is 45.1 Å². The van der Waals surface area contributed by atoms with Crippen LogP contribution in [-0.4, -0.2) is 111 Å². The monoisotopic (exact) mass is 699 g/mol. The summed E-state index contributed by atoms with van der Waals surface area (Å²) in [6, 6.07) is 1.82. The van der Waals surface area contributed by atoms with E-state index in [2.05, 4.69) is 37.3 Å². The molecule has 15 heteroatoms. The highest BCUT2D eigenvalue weighted by Gasteiger charge is 2.30. The zero-order valence-corrected chi connectivity index (χ0v) is 29.7. The number of ether oxygens (including phenoxy) is 2. The number of hydrogen-bond donors (Lipinski definition) is 1. The maximum atomic E-state index is 14.1. The topological polar surface area (TPSA) is 122 Å². The zero-order valence-electron chi connectivity index (χ0n) is 29.7. The van der Waals surface area contributed by atoms with Crippen LogP contribution in [0, 0.1) is 11.8 Å². The van der Waals surface area contributed by atoms with E-state index in [-0.39, 0.29) is 23.4 Å². The van der Waals surface area contributed by atoms with Crippen molar-refractivity contribution in [2.45, 2.75) is 83.8 Å². The second-order valence-electron chi connectivity index (χ2n) is 15.0. The number of amides is 2. The lowest BCUT2D eigenvalue weighted by Crippen LogP contribution is -2.42. The van der Waals surface area contributed by atoms with Crippen molar-refractivity contribution in [3.8, 4) is 0 Å². The number of fused-ring (bicyclic) bond motifs is 1. The Kier molecular flexibility index (Phi) is 11.2. The lowest BCUT2D eigenvalue weighted by atomic mass is 9.85. The van der Waals surface area contributed by atoms with Crippen molar-refractivity contribution in [3.63, 3.8) is 0 Å². The van der Waals surface area contributed by atoms with Gasteiger partial charge in [-0.1, -0.05) is 0 Å². The molecule has 1 aliphatic carbocycles. The SMILES string of the molecule is CN(CCC1CCN(C(=O)OC(C)(C)C)CC1)CC1CCC(n2cc(NC(=O)c3cnn4ccc(N5CCOCC5)nc34)c(C(F)F)n2)CC1. The number of piperidine rings is 1. The van der Waals surface area contributed by atoms with E-state index >= 15 is 0 Å². The normalized spacial score (nSPS) is 21.0. The van der Waals surface area contributed by atoms with Crippen LogP contribution in [0.25, 0.3) is 5.65 Å². The van der Waals surface area contributed by atoms with Crippen molar-refractivity contribution >= 4 is 29.2 Å². The number of nitrogens with zero attached hydrogens (tertiary/aromatic N) is 8. The molecule has 50 heavy (non-hydrogen) atoms. The van der Waals surface area contributed by atoms with Crippen molar-refractivity contribution in [1.82, 2.24) is 34.2 Å². The van der Waals surface area contributed by atoms with Gasteiger partial charge in [-0.25, -0.2) is 23.1 Å². The summed E-state index contributed by atoms with van der Waals surface area (Å²) in [5, 5.41) is 11.2. The Morgan fingerprint density at radius 3 is 2.46 bits per heavy atom. The summed E-state index contributed by atoms with van der Waals surface area (Å²) in [5.74, 6) is 1.27. The summed E-state index contributed by atoms with van der Waals surface area (Å²) in [4.78, 5) is 36.7. The zero-order chi connectivity index (χ0) is 35.4. The summed E-state index contributed by atoms with van der Waals surface area (Å²) < 4.78 is 42.4. The highest BCUT2D eigenvalue weighted by Crippen LogP contribution is 2.35. The molecule has 3 fully saturated rings. The van der Waals surface area contributed by atoms with Crippen LogP contribution in [0.15, 0.2) is 24.7 Å². The van der Waals surface area contributed by atoms with Crippen LogP contribution in [-0.2, 0) is 9.47 Å². The minimum atomic E-state index is -2.84. The first-order valence-corrected chi connectivity index (χ1v) is 18.0. The minimum Gasteiger partial charge on any atom is -0.444 e. The molecule has 0 atom stereocenters. The highest BCUT2D eigenvalue weighted by atomic mass is 19.3. The molecule has 1 N–H and O–H groups in total. The average Bonchev–Trinajstić information content (AvgIpc) is 3.72. The molecule has 13 nitrogen and oxygen atoms in total. The molecule has 0 spiro atoms. The van der Waals surface area contributed by atoms with Gasteiger partial charge < -0.3 is 29.5 Å². The fraction of sp³-hybridized carbons (Fsp3) is 0.686. The van der Waals surface area contributed by atoms with Crippen LogP contribution in [0.5, 0.6) is 0 Å². The van der Waals surface area contributed by atoms with Gasteiger partial charge in [-0.15, -0.1) is 0 Å². The number of nitrogens with one attached hydrogen (secondary N) is 1. The molecule has 3 aromatic rings. The lowest BCUT2D eigenvalue weighted by Gasteiger charge is -2.35. The Bertz CT molecular complexity index is 1600. The van der Waals surface area contributed by atoms with Gasteiger partial charge in [-0.3, -0.25) is 9.48 Å². The number of aromatic nitrogens is 5. The Morgan fingerprint density at radius 2 is 1.78 bits per heavy atom. The molecule has 274 valence electrons. The van der Waals surface area contributed by atoms with Gasteiger partial charge in [0.25, 0.3) is 12.3 Å². The third-order valence-electron chi connectivity index (χ3n) is 10.1. The van der Waals surface area contributed by atoms with Gasteiger partial charge in [-0.05, 0) is 97.2 Å². The number of hydrogen-bond acceptors (Lipinski definition) is 9. The van der Waals surface area contributed by atoms with E-state index in [0.29, 0.717) is 49.6 Å². The summed E-state index contributed by atoms with van der Waals surface area (Å²) in [5.41, 5.74) is -0.357. The number of halogens is 2. The molecule has 3 aromatic heterocycles. The predicted molar refractivity (Wildman–Crippen MR) is 185 cm³/mol. The van der Waals surface area contributed by atoms with Gasteiger partial charge >= 0.3 is 6.09 Å². The summed E-state index contributed by atoms with van der Waals surface area (Å²) in [6.07, 6.45) is 8.36. The van der Waals surface area contributed by atoms with Crippen LogP contribution in [0.4, 0.5) is 25.1 Å². The number of carbonyl (C=O) groups excluding carboxylic acids is 2. The van der Waals surface area contributed by atoms with Gasteiger partial charge in [0.05, 0.1) is 31.1 Å². The summed E-state index contributed by atoms with van der Waals surface area (Å²) >= 11 is 0. The van der Waals surface area contributed by atoms with Crippen LogP contribution in [0.1, 0.15) is 94.2 Å². The maximum Gasteiger partial charge on any atom is 0.410 e. The Morgan fingerprint density at radius 1 is 1.06 bits per heavy atom. The van der Waals surface area contributed by atoms with Crippen molar-refractivity contribution in [3.05, 3.63) is 35.9 Å². The number of anilines is 2. The first kappa shape index (κ1) is 36.0. The van der Waals surface area contributed by atoms with E-state index in [1.54, 1.807) is 17.1 Å². The molecule has 0 aromatic carbocycles. The van der Waals surface area contributed by atoms with Gasteiger partial charge in [-0.2, -0.15) is 10.2 Å². The van der Waals surface area contributed by atoms with Crippen molar-refractivity contribution in [1.29, 1.82) is 0 Å². The van der Waals surface area contributed by atoms with E-state index < -0.39 is 23.6 Å². The average molecular weight is 700 g/mol. The first-order chi connectivity index (χ1) is 23.9. The third kappa shape index (κ3) is 8.89. The molecule has 0 radical (unpaired) electrons. The molecule has 0 unspecified atom stereocenters. The van der Waals surface area contributed by atoms with Crippen LogP contribution in [0.2, 0.25) is 0 Å². The molecule has 0 bridgehead atoms. The number of rotatable bonds is 10. The van der Waals surface area contributed by atoms with Gasteiger partial charge in [0.15, 0.2) is 11.3 Å². The molecule has 2 aliphatic heterocycles. The van der Waals surface area contributed by atoms with Crippen LogP contribution < -0.4 is 10.2 Å². The number of carbonyl (C=O) groups is 2. The smallest absolute Gasteiger partial charge is 0.410 e. The second kappa shape index (κ2) is 15.6. The van der Waals surface area contributed by atoms with Crippen molar-refractivity contribution < 1.29 is 27.8 Å². The fourth-order valence-electron chi connectivity index (χ4n) is 7.29. The van der Waals surface area contributed by atoms with Crippen LogP contribution in [0.3, 0.4) is 0 Å². The fourth-order valence-corrected chi connectivity index (χ4v) is 7.29. The molecular formula is C35H51F2N9O4. The molecular weight excluding hydrogens is 648 g/mol. The second-order valence-corrected chi connectivity index (χ2v) is 15.0. The van der Waals surface area contributed by atoms with Gasteiger partial charge in [0.2, 0.25) is 0 Å². The van der Waals surface area contributed by atoms with E-state index in [1.807, 2.05) is 31.7 Å². The molecule has 1 saturated carbocycles. The van der Waals surface area contributed by atoms with E-state index in [0.717, 1.165) is 71.1 Å². The minimum absolute atomic E-state index is 0.00692. The van der Waals surface area contributed by atoms with E-state index in [4.69, 9.17) is 9.47 Å². The van der Waals surface area contributed by atoms with Crippen molar-refractivity contribution in [2.75, 3.05) is 69.7 Å². The Hall–Kier alpha value is -3.85. The molecule has 3 aliphatic rings. The quantitative estimate of drug-likeness (QED) is 0.286. The molecule has 5 heterocycles. The van der Waals surface area contributed by atoms with E-state index in [1.165, 1.54) is 10.7 Å². The predicted octanol–water partition coefficient (Wildman–Crippen LogP) is 5.65. The standard InChI is InChI=1S/C35H51F2N9O4/c1-35(2,3)50-34(48)44-14-10-24(11-15-44)9-13-42(4)22-25-5-7-26(8-6-25)46-23-28(30(41-46)31(36)37)39-33(47)27-21-38-45-16-12-29(40-32(27)45)43-17-19-49-20-18-43/h12,16,21,23-26,31H,5-11,13-15,17-20,22H2,1-4H3,(H,39,47). The molecule has 6 rings (SSSR count).